The fraction of sp³-hybridized carbons (Fsp3) is 0.167. The molecule has 10 heteroatoms. The average Bonchev–Trinajstić information content (AvgIpc) is 2.99. The second-order valence-electron chi connectivity index (χ2n) is 7.84. The molecule has 4 rings (SSSR count). The third kappa shape index (κ3) is 3.40. The summed E-state index contributed by atoms with van der Waals surface area (Å²) in [7, 11) is 0. The minimum absolute atomic E-state index is 0.0175. The summed E-state index contributed by atoms with van der Waals surface area (Å²) in [5, 5.41) is 21.9. The van der Waals surface area contributed by atoms with E-state index in [2.05, 4.69) is 0 Å². The normalized spacial score (nSPS) is 22.7. The van der Waals surface area contributed by atoms with Gasteiger partial charge in [0.2, 0.25) is 5.72 Å². The molecule has 2 amide bonds. The van der Waals surface area contributed by atoms with Crippen molar-refractivity contribution in [3.8, 4) is 6.07 Å². The highest BCUT2D eigenvalue weighted by Crippen LogP contribution is 2.57. The molecule has 34 heavy (non-hydrogen) atoms. The third-order valence-corrected chi connectivity index (χ3v) is 6.45. The highest BCUT2D eigenvalue weighted by molar-refractivity contribution is 6.31. The molecular formula is C24H16Cl2F3N3O2. The van der Waals surface area contributed by atoms with Crippen LogP contribution in [0.2, 0.25) is 10.0 Å². The van der Waals surface area contributed by atoms with Crippen LogP contribution in [0.15, 0.2) is 72.8 Å². The van der Waals surface area contributed by atoms with E-state index in [9.17, 15) is 28.3 Å². The summed E-state index contributed by atoms with van der Waals surface area (Å²) >= 11 is 11.9. The number of amides is 2. The van der Waals surface area contributed by atoms with Crippen molar-refractivity contribution < 1.29 is 23.1 Å². The van der Waals surface area contributed by atoms with Crippen LogP contribution in [0.25, 0.3) is 0 Å². The van der Waals surface area contributed by atoms with Gasteiger partial charge in [0.05, 0.1) is 11.6 Å². The van der Waals surface area contributed by atoms with Gasteiger partial charge in [0.25, 0.3) is 0 Å². The first kappa shape index (κ1) is 23.9. The number of urea groups is 1. The Morgan fingerprint density at radius 2 is 1.41 bits per heavy atom. The molecule has 0 aromatic heterocycles. The number of nitrogens with zero attached hydrogens (tertiary/aromatic N) is 3. The van der Waals surface area contributed by atoms with Gasteiger partial charge in [0.1, 0.15) is 0 Å². The number of nitriles is 1. The molecule has 0 aliphatic carbocycles. The second-order valence-corrected chi connectivity index (χ2v) is 8.71. The fourth-order valence-corrected chi connectivity index (χ4v) is 4.44. The van der Waals surface area contributed by atoms with E-state index in [4.69, 9.17) is 23.2 Å². The van der Waals surface area contributed by atoms with Crippen LogP contribution in [0.1, 0.15) is 18.1 Å². The maximum Gasteiger partial charge on any atom is 0.416 e. The number of aliphatic hydroxyl groups is 1. The molecule has 5 nitrogen and oxygen atoms in total. The number of alkyl halides is 3. The van der Waals surface area contributed by atoms with E-state index in [0.29, 0.717) is 14.8 Å². The number of carbonyl (C=O) groups excluding carboxylic acids is 1. The summed E-state index contributed by atoms with van der Waals surface area (Å²) in [5.41, 5.74) is -6.57. The average molecular weight is 506 g/mol. The molecule has 1 fully saturated rings. The van der Waals surface area contributed by atoms with Crippen LogP contribution in [-0.2, 0) is 5.72 Å². The van der Waals surface area contributed by atoms with Crippen LogP contribution >= 0.6 is 23.2 Å². The van der Waals surface area contributed by atoms with Gasteiger partial charge < -0.3 is 5.11 Å². The molecule has 1 aliphatic rings. The molecule has 0 spiro atoms. The molecule has 1 heterocycles. The van der Waals surface area contributed by atoms with Crippen molar-refractivity contribution in [3.63, 3.8) is 0 Å². The summed E-state index contributed by atoms with van der Waals surface area (Å²) in [6.07, 6.45) is -5.12. The van der Waals surface area contributed by atoms with Crippen LogP contribution in [0.5, 0.6) is 0 Å². The van der Waals surface area contributed by atoms with Crippen molar-refractivity contribution in [2.24, 2.45) is 0 Å². The first-order valence-corrected chi connectivity index (χ1v) is 10.7. The Kier molecular flexibility index (Phi) is 5.76. The molecule has 1 aliphatic heterocycles. The number of benzene rings is 3. The van der Waals surface area contributed by atoms with E-state index in [1.807, 2.05) is 6.07 Å². The van der Waals surface area contributed by atoms with Gasteiger partial charge in [-0.25, -0.2) is 4.79 Å². The van der Waals surface area contributed by atoms with E-state index < -0.39 is 23.5 Å². The van der Waals surface area contributed by atoms with Gasteiger partial charge >= 0.3 is 12.2 Å². The summed E-state index contributed by atoms with van der Waals surface area (Å²) < 4.78 is 44.9. The molecule has 0 radical (unpaired) electrons. The van der Waals surface area contributed by atoms with Gasteiger partial charge in [0.15, 0.2) is 5.54 Å². The first-order chi connectivity index (χ1) is 15.9. The zero-order valence-electron chi connectivity index (χ0n) is 17.5. The minimum atomic E-state index is -5.12. The van der Waals surface area contributed by atoms with Crippen LogP contribution < -0.4 is 9.80 Å². The summed E-state index contributed by atoms with van der Waals surface area (Å²) in [5.74, 6) is 0. The van der Waals surface area contributed by atoms with E-state index in [1.165, 1.54) is 66.7 Å². The van der Waals surface area contributed by atoms with E-state index in [-0.39, 0.29) is 27.5 Å². The maximum atomic E-state index is 15.0. The molecule has 1 unspecified atom stereocenters. The zero-order chi connectivity index (χ0) is 24.9. The molecule has 1 N–H and O–H groups in total. The Morgan fingerprint density at radius 1 is 0.912 bits per heavy atom. The third-order valence-electron chi connectivity index (χ3n) is 5.95. The summed E-state index contributed by atoms with van der Waals surface area (Å²) in [4.78, 5) is 14.9. The van der Waals surface area contributed by atoms with Gasteiger partial charge in [0, 0.05) is 27.0 Å². The van der Waals surface area contributed by atoms with Crippen molar-refractivity contribution in [3.05, 3.63) is 94.0 Å². The summed E-state index contributed by atoms with van der Waals surface area (Å²) in [6.45, 7) is 0.745. The molecule has 0 saturated carbocycles. The van der Waals surface area contributed by atoms with Crippen LogP contribution in [0.4, 0.5) is 29.3 Å². The van der Waals surface area contributed by atoms with Crippen molar-refractivity contribution in [1.82, 2.24) is 0 Å². The smallest absolute Gasteiger partial charge is 0.364 e. The first-order valence-electron chi connectivity index (χ1n) is 9.90. The SMILES string of the molecule is C[C@@]1(C(F)(F)F)N(c2ccc(Cl)cc2)C(=O)N(c2ccc(Cl)cc2)C1(O)c1cccc(C#N)c1. The topological polar surface area (TPSA) is 67.6 Å². The predicted octanol–water partition coefficient (Wildman–Crippen LogP) is 6.48. The minimum Gasteiger partial charge on any atom is -0.364 e. The lowest BCUT2D eigenvalue weighted by molar-refractivity contribution is -0.227. The molecule has 174 valence electrons. The quantitative estimate of drug-likeness (QED) is 0.443. The number of rotatable bonds is 3. The largest absolute Gasteiger partial charge is 0.416 e. The molecule has 2 atom stereocenters. The Hall–Kier alpha value is -3.25. The number of halogens is 5. The fourth-order valence-electron chi connectivity index (χ4n) is 4.19. The highest BCUT2D eigenvalue weighted by Gasteiger charge is 2.77. The lowest BCUT2D eigenvalue weighted by Gasteiger charge is -2.45. The molecule has 1 saturated heterocycles. The second kappa shape index (κ2) is 8.20. The highest BCUT2D eigenvalue weighted by atomic mass is 35.5. The van der Waals surface area contributed by atoms with Gasteiger partial charge in [-0.2, -0.15) is 18.4 Å². The number of hydrogen-bond acceptors (Lipinski definition) is 3. The van der Waals surface area contributed by atoms with Crippen molar-refractivity contribution in [2.75, 3.05) is 9.80 Å². The molecule has 3 aromatic carbocycles. The van der Waals surface area contributed by atoms with Crippen LogP contribution in [0, 0.1) is 11.3 Å². The van der Waals surface area contributed by atoms with Gasteiger partial charge in [-0.3, -0.25) is 9.80 Å². The Bertz CT molecular complexity index is 1290. The molecule has 0 bridgehead atoms. The van der Waals surface area contributed by atoms with Crippen LogP contribution in [-0.4, -0.2) is 22.9 Å². The van der Waals surface area contributed by atoms with Crippen molar-refractivity contribution >= 4 is 40.6 Å². The number of anilines is 2. The zero-order valence-corrected chi connectivity index (χ0v) is 19.0. The van der Waals surface area contributed by atoms with E-state index in [1.54, 1.807) is 0 Å². The monoisotopic (exact) mass is 505 g/mol. The maximum absolute atomic E-state index is 15.0. The molecule has 3 aromatic rings. The lowest BCUT2D eigenvalue weighted by Crippen LogP contribution is -2.66. The van der Waals surface area contributed by atoms with Gasteiger partial charge in [-0.15, -0.1) is 0 Å². The number of hydrogen-bond donors (Lipinski definition) is 1. The van der Waals surface area contributed by atoms with Gasteiger partial charge in [-0.05, 0) is 67.6 Å². The van der Waals surface area contributed by atoms with Crippen molar-refractivity contribution in [1.29, 1.82) is 5.26 Å². The Labute approximate surface area is 203 Å². The lowest BCUT2D eigenvalue weighted by atomic mass is 9.80. The summed E-state index contributed by atoms with van der Waals surface area (Å²) in [6, 6.07) is 16.5. The van der Waals surface area contributed by atoms with Crippen molar-refractivity contribution in [2.45, 2.75) is 24.4 Å². The van der Waals surface area contributed by atoms with E-state index >= 15 is 0 Å². The Balaban J connectivity index is 2.09. The Morgan fingerprint density at radius 3 is 1.88 bits per heavy atom. The van der Waals surface area contributed by atoms with Gasteiger partial charge in [-0.1, -0.05) is 35.3 Å². The predicted molar refractivity (Wildman–Crippen MR) is 123 cm³/mol. The molecular weight excluding hydrogens is 490 g/mol. The standard InChI is InChI=1S/C24H16Cl2F3N3O2/c1-22(24(27,28)29)23(34,16-4-2-3-15(13-16)14-30)32(20-11-7-18(26)8-12-20)21(33)31(22)19-9-5-17(25)6-10-19/h2-13,34H,1H3/t22-,23?/m1/s1. The van der Waals surface area contributed by atoms with Crippen LogP contribution in [0.3, 0.4) is 0 Å². The number of carbonyl (C=O) groups is 1. The van der Waals surface area contributed by atoms with E-state index in [0.717, 1.165) is 13.0 Å².